The Morgan fingerprint density at radius 1 is 1.04 bits per heavy atom. The van der Waals surface area contributed by atoms with Crippen molar-refractivity contribution < 1.29 is 23.8 Å². The lowest BCUT2D eigenvalue weighted by Crippen LogP contribution is -2.22. The van der Waals surface area contributed by atoms with Crippen molar-refractivity contribution in [2.24, 2.45) is 0 Å². The number of carbonyl (C=O) groups is 2. The predicted octanol–water partition coefficient (Wildman–Crippen LogP) is 3.18. The summed E-state index contributed by atoms with van der Waals surface area (Å²) in [5.41, 5.74) is -0.270. The van der Waals surface area contributed by atoms with Gasteiger partial charge in [-0.2, -0.15) is 4.98 Å². The number of carbonyl (C=O) groups excluding carboxylic acids is 2. The molecule has 7 heteroatoms. The second kappa shape index (κ2) is 7.95. The predicted molar refractivity (Wildman–Crippen MR) is 94.6 cm³/mol. The van der Waals surface area contributed by atoms with Crippen LogP contribution in [-0.4, -0.2) is 35.6 Å². The average molecular weight is 358 g/mol. The van der Waals surface area contributed by atoms with E-state index >= 15 is 0 Å². The van der Waals surface area contributed by atoms with Crippen LogP contribution >= 0.6 is 0 Å². The molecule has 7 nitrogen and oxygen atoms in total. The molecule has 0 unspecified atom stereocenters. The number of esters is 2. The fourth-order valence-corrected chi connectivity index (χ4v) is 2.06. The molecule has 0 saturated heterocycles. The summed E-state index contributed by atoms with van der Waals surface area (Å²) < 4.78 is 15.7. The van der Waals surface area contributed by atoms with E-state index in [1.807, 2.05) is 20.8 Å². The van der Waals surface area contributed by atoms with Gasteiger partial charge in [-0.1, -0.05) is 39.0 Å². The lowest BCUT2D eigenvalue weighted by Gasteiger charge is -2.20. The van der Waals surface area contributed by atoms with Gasteiger partial charge in [-0.05, 0) is 19.1 Å². The zero-order chi connectivity index (χ0) is 19.3. The van der Waals surface area contributed by atoms with E-state index in [0.717, 1.165) is 0 Å². The minimum Gasteiger partial charge on any atom is -0.478 e. The van der Waals surface area contributed by atoms with Gasteiger partial charge in [-0.3, -0.25) is 0 Å². The van der Waals surface area contributed by atoms with Gasteiger partial charge in [0, 0.05) is 5.41 Å². The molecule has 1 aromatic heterocycles. The van der Waals surface area contributed by atoms with Crippen molar-refractivity contribution >= 4 is 11.9 Å². The van der Waals surface area contributed by atoms with Crippen LogP contribution in [0.1, 0.15) is 54.4 Å². The molecule has 0 saturated carbocycles. The number of ether oxygens (including phenoxy) is 3. The second-order valence-corrected chi connectivity index (χ2v) is 6.46. The zero-order valence-electron chi connectivity index (χ0n) is 15.5. The van der Waals surface area contributed by atoms with Gasteiger partial charge >= 0.3 is 11.9 Å². The van der Waals surface area contributed by atoms with E-state index in [0.29, 0.717) is 11.4 Å². The standard InChI is InChI=1S/C19H22N2O5/c1-6-25-17(23)13-14(26-16(22)12-10-8-7-9-11-12)15(24-5)21-18(20-13)19(2,3)4/h7-11H,6H2,1-5H3. The maximum absolute atomic E-state index is 12.4. The van der Waals surface area contributed by atoms with Crippen molar-refractivity contribution in [1.29, 1.82) is 0 Å². The molecule has 0 aliphatic rings. The quantitative estimate of drug-likeness (QED) is 0.759. The Bertz CT molecular complexity index is 798. The van der Waals surface area contributed by atoms with Gasteiger partial charge in [0.05, 0.1) is 19.3 Å². The van der Waals surface area contributed by atoms with Gasteiger partial charge in [0.2, 0.25) is 5.75 Å². The molecule has 0 aliphatic heterocycles. The Morgan fingerprint density at radius 2 is 1.69 bits per heavy atom. The van der Waals surface area contributed by atoms with E-state index in [4.69, 9.17) is 14.2 Å². The van der Waals surface area contributed by atoms with Gasteiger partial charge in [0.15, 0.2) is 5.69 Å². The Balaban J connectivity index is 2.54. The first-order chi connectivity index (χ1) is 12.3. The summed E-state index contributed by atoms with van der Waals surface area (Å²) in [4.78, 5) is 33.4. The first-order valence-corrected chi connectivity index (χ1v) is 8.18. The van der Waals surface area contributed by atoms with Crippen LogP contribution in [0.5, 0.6) is 11.6 Å². The summed E-state index contributed by atoms with van der Waals surface area (Å²) in [5, 5.41) is 0. The second-order valence-electron chi connectivity index (χ2n) is 6.46. The van der Waals surface area contributed by atoms with Crippen molar-refractivity contribution in [3.8, 4) is 11.6 Å². The van der Waals surface area contributed by atoms with Crippen molar-refractivity contribution in [2.45, 2.75) is 33.1 Å². The molecule has 2 aromatic rings. The molecule has 0 fully saturated rings. The van der Waals surface area contributed by atoms with Crippen LogP contribution in [0.2, 0.25) is 0 Å². The molecule has 0 radical (unpaired) electrons. The molecule has 0 N–H and O–H groups in total. The smallest absolute Gasteiger partial charge is 0.361 e. The Labute approximate surface area is 152 Å². The number of hydrogen-bond donors (Lipinski definition) is 0. The van der Waals surface area contributed by atoms with E-state index in [-0.39, 0.29) is 23.9 Å². The Hall–Kier alpha value is -2.96. The van der Waals surface area contributed by atoms with Gasteiger partial charge in [-0.15, -0.1) is 0 Å². The monoisotopic (exact) mass is 358 g/mol. The largest absolute Gasteiger partial charge is 0.478 e. The van der Waals surface area contributed by atoms with Crippen LogP contribution in [0.15, 0.2) is 30.3 Å². The zero-order valence-corrected chi connectivity index (χ0v) is 15.5. The van der Waals surface area contributed by atoms with Crippen molar-refractivity contribution in [3.63, 3.8) is 0 Å². The minimum absolute atomic E-state index is 0.00254. The van der Waals surface area contributed by atoms with Gasteiger partial charge in [0.25, 0.3) is 5.88 Å². The summed E-state index contributed by atoms with van der Waals surface area (Å²) in [6, 6.07) is 8.40. The van der Waals surface area contributed by atoms with Crippen molar-refractivity contribution in [1.82, 2.24) is 9.97 Å². The molecule has 0 atom stereocenters. The molecule has 1 heterocycles. The summed E-state index contributed by atoms with van der Waals surface area (Å²) in [7, 11) is 1.38. The van der Waals surface area contributed by atoms with Crippen molar-refractivity contribution in [3.05, 3.63) is 47.4 Å². The molecule has 26 heavy (non-hydrogen) atoms. The molecule has 138 valence electrons. The van der Waals surface area contributed by atoms with E-state index in [2.05, 4.69) is 9.97 Å². The van der Waals surface area contributed by atoms with E-state index < -0.39 is 17.4 Å². The van der Waals surface area contributed by atoms with E-state index in [9.17, 15) is 9.59 Å². The Morgan fingerprint density at radius 3 is 2.23 bits per heavy atom. The topological polar surface area (TPSA) is 87.6 Å². The van der Waals surface area contributed by atoms with Gasteiger partial charge in [0.1, 0.15) is 5.82 Å². The molecular weight excluding hydrogens is 336 g/mol. The number of rotatable bonds is 5. The third-order valence-corrected chi connectivity index (χ3v) is 3.37. The highest BCUT2D eigenvalue weighted by molar-refractivity contribution is 5.95. The summed E-state index contributed by atoms with van der Waals surface area (Å²) in [6.07, 6.45) is 0. The number of aromatic nitrogens is 2. The number of hydrogen-bond acceptors (Lipinski definition) is 7. The highest BCUT2D eigenvalue weighted by Crippen LogP contribution is 2.32. The third kappa shape index (κ3) is 4.36. The number of nitrogens with zero attached hydrogens (tertiary/aromatic N) is 2. The average Bonchev–Trinajstić information content (AvgIpc) is 2.61. The normalized spacial score (nSPS) is 11.0. The van der Waals surface area contributed by atoms with Gasteiger partial charge < -0.3 is 14.2 Å². The third-order valence-electron chi connectivity index (χ3n) is 3.37. The van der Waals surface area contributed by atoms with Crippen molar-refractivity contribution in [2.75, 3.05) is 13.7 Å². The van der Waals surface area contributed by atoms with Crippen LogP contribution in [0.3, 0.4) is 0 Å². The van der Waals surface area contributed by atoms with E-state index in [1.165, 1.54) is 7.11 Å². The fourth-order valence-electron chi connectivity index (χ4n) is 2.06. The molecule has 2 rings (SSSR count). The highest BCUT2D eigenvalue weighted by atomic mass is 16.6. The number of benzene rings is 1. The van der Waals surface area contributed by atoms with Crippen LogP contribution in [0, 0.1) is 0 Å². The molecule has 0 amide bonds. The first-order valence-electron chi connectivity index (χ1n) is 8.18. The van der Waals surface area contributed by atoms with Crippen LogP contribution in [0.4, 0.5) is 0 Å². The van der Waals surface area contributed by atoms with E-state index in [1.54, 1.807) is 37.3 Å². The van der Waals surface area contributed by atoms with Crippen LogP contribution in [-0.2, 0) is 10.2 Å². The maximum atomic E-state index is 12.4. The number of methoxy groups -OCH3 is 1. The highest BCUT2D eigenvalue weighted by Gasteiger charge is 2.29. The first kappa shape index (κ1) is 19.4. The van der Waals surface area contributed by atoms with Gasteiger partial charge in [-0.25, -0.2) is 14.6 Å². The Kier molecular flexibility index (Phi) is 5.92. The lowest BCUT2D eigenvalue weighted by molar-refractivity contribution is 0.0510. The molecule has 0 aliphatic carbocycles. The maximum Gasteiger partial charge on any atom is 0.361 e. The minimum atomic E-state index is -0.713. The molecule has 0 spiro atoms. The lowest BCUT2D eigenvalue weighted by atomic mass is 9.95. The fraction of sp³-hybridized carbons (Fsp3) is 0.368. The summed E-state index contributed by atoms with van der Waals surface area (Å²) in [5.74, 6) is -1.15. The SMILES string of the molecule is CCOC(=O)c1nc(C(C)(C)C)nc(OC)c1OC(=O)c1ccccc1. The summed E-state index contributed by atoms with van der Waals surface area (Å²) in [6.45, 7) is 7.52. The molecule has 1 aromatic carbocycles. The molecular formula is C19H22N2O5. The molecule has 0 bridgehead atoms. The van der Waals surface area contributed by atoms with Crippen LogP contribution < -0.4 is 9.47 Å². The van der Waals surface area contributed by atoms with Crippen LogP contribution in [0.25, 0.3) is 0 Å². The summed E-state index contributed by atoms with van der Waals surface area (Å²) >= 11 is 0.